The van der Waals surface area contributed by atoms with Crippen LogP contribution >= 0.6 is 0 Å². The minimum atomic E-state index is -0.968. The molecule has 2 heterocycles. The van der Waals surface area contributed by atoms with Crippen LogP contribution in [-0.2, 0) is 10.2 Å². The van der Waals surface area contributed by atoms with Crippen LogP contribution in [0.3, 0.4) is 0 Å². The lowest BCUT2D eigenvalue weighted by Gasteiger charge is -2.39. The van der Waals surface area contributed by atoms with Crippen molar-refractivity contribution in [1.29, 1.82) is 0 Å². The third-order valence-electron chi connectivity index (χ3n) is 5.76. The summed E-state index contributed by atoms with van der Waals surface area (Å²) in [6.07, 6.45) is 0.728. The fraction of sp³-hybridized carbons (Fsp3) is 0.261. The van der Waals surface area contributed by atoms with E-state index in [4.69, 9.17) is 4.52 Å². The van der Waals surface area contributed by atoms with Crippen LogP contribution < -0.4 is 0 Å². The van der Waals surface area contributed by atoms with Crippen LogP contribution in [0.1, 0.15) is 34.5 Å². The zero-order valence-electron chi connectivity index (χ0n) is 16.2. The zero-order valence-corrected chi connectivity index (χ0v) is 16.2. The van der Waals surface area contributed by atoms with E-state index in [0.717, 1.165) is 11.1 Å². The maximum Gasteiger partial charge on any atom is 0.314 e. The van der Waals surface area contributed by atoms with E-state index in [1.807, 2.05) is 60.7 Å². The molecule has 0 unspecified atom stereocenters. The molecule has 1 aliphatic heterocycles. The predicted molar refractivity (Wildman–Crippen MR) is 108 cm³/mol. The fourth-order valence-corrected chi connectivity index (χ4v) is 4.05. The minimum Gasteiger partial charge on any atom is -0.481 e. The van der Waals surface area contributed by atoms with E-state index in [1.165, 1.54) is 0 Å². The molecule has 1 aliphatic rings. The summed E-state index contributed by atoms with van der Waals surface area (Å²) in [5, 5.41) is 14.0. The van der Waals surface area contributed by atoms with Crippen molar-refractivity contribution in [1.82, 2.24) is 10.1 Å². The van der Waals surface area contributed by atoms with Gasteiger partial charge in [-0.2, -0.15) is 0 Å². The second-order valence-corrected chi connectivity index (χ2v) is 7.37. The monoisotopic (exact) mass is 390 g/mol. The molecule has 29 heavy (non-hydrogen) atoms. The van der Waals surface area contributed by atoms with Gasteiger partial charge in [0.15, 0.2) is 0 Å². The Morgan fingerprint density at radius 3 is 2.17 bits per heavy atom. The lowest BCUT2D eigenvalue weighted by molar-refractivity contribution is -0.145. The number of hydrogen-bond donors (Lipinski definition) is 1. The van der Waals surface area contributed by atoms with Crippen LogP contribution in [0.2, 0.25) is 0 Å². The van der Waals surface area contributed by atoms with Crippen molar-refractivity contribution >= 4 is 11.9 Å². The molecule has 1 amide bonds. The molecule has 0 radical (unpaired) electrons. The largest absolute Gasteiger partial charge is 0.481 e. The number of carboxylic acid groups (broad SMARTS) is 1. The number of nitrogens with zero attached hydrogens (tertiary/aromatic N) is 2. The van der Waals surface area contributed by atoms with Gasteiger partial charge in [-0.25, -0.2) is 0 Å². The summed E-state index contributed by atoms with van der Waals surface area (Å²) in [4.78, 5) is 27.1. The summed E-state index contributed by atoms with van der Waals surface area (Å²) in [5.74, 6) is -0.552. The van der Waals surface area contributed by atoms with Gasteiger partial charge < -0.3 is 14.5 Å². The van der Waals surface area contributed by atoms with E-state index < -0.39 is 11.4 Å². The highest BCUT2D eigenvalue weighted by Crippen LogP contribution is 2.37. The molecule has 6 nitrogen and oxygen atoms in total. The second-order valence-electron chi connectivity index (χ2n) is 7.37. The Bertz CT molecular complexity index is 1020. The van der Waals surface area contributed by atoms with Gasteiger partial charge in [-0.1, -0.05) is 65.8 Å². The number of carboxylic acids is 1. The van der Waals surface area contributed by atoms with Gasteiger partial charge in [0, 0.05) is 18.7 Å². The maximum atomic E-state index is 13.3. The standard InChI is InChI=1S/C23H22N2O4/c1-16-19(20(24-29-16)17-8-4-2-5-9-17)21(26)25-14-12-23(13-15-25,22(27)28)18-10-6-3-7-11-18/h2-11H,12-15H2,1H3,(H,27,28). The van der Waals surface area contributed by atoms with E-state index in [2.05, 4.69) is 5.16 Å². The third kappa shape index (κ3) is 3.31. The number of likely N-dealkylation sites (tertiary alicyclic amines) is 1. The van der Waals surface area contributed by atoms with Crippen LogP contribution in [0.15, 0.2) is 65.2 Å². The molecule has 6 heteroatoms. The van der Waals surface area contributed by atoms with E-state index in [9.17, 15) is 14.7 Å². The van der Waals surface area contributed by atoms with Gasteiger partial charge in [0.25, 0.3) is 5.91 Å². The molecular weight excluding hydrogens is 368 g/mol. The molecule has 1 saturated heterocycles. The molecule has 0 bridgehead atoms. The predicted octanol–water partition coefficient (Wildman–Crippen LogP) is 3.91. The van der Waals surface area contributed by atoms with E-state index in [1.54, 1.807) is 11.8 Å². The number of hydrogen-bond acceptors (Lipinski definition) is 4. The lowest BCUT2D eigenvalue weighted by Crippen LogP contribution is -2.49. The average molecular weight is 390 g/mol. The number of amides is 1. The van der Waals surface area contributed by atoms with Crippen molar-refractivity contribution in [2.24, 2.45) is 0 Å². The molecule has 4 rings (SSSR count). The zero-order chi connectivity index (χ0) is 20.4. The molecular formula is C23H22N2O4. The van der Waals surface area contributed by atoms with Crippen LogP contribution in [0.5, 0.6) is 0 Å². The number of aryl methyl sites for hydroxylation is 1. The number of aromatic nitrogens is 1. The summed E-state index contributed by atoms with van der Waals surface area (Å²) < 4.78 is 5.32. The average Bonchev–Trinajstić information content (AvgIpc) is 3.15. The van der Waals surface area contributed by atoms with Gasteiger partial charge in [0.2, 0.25) is 0 Å². The number of rotatable bonds is 4. The van der Waals surface area contributed by atoms with Crippen LogP contribution in [0.25, 0.3) is 11.3 Å². The van der Waals surface area contributed by atoms with Crippen LogP contribution in [0, 0.1) is 6.92 Å². The van der Waals surface area contributed by atoms with Gasteiger partial charge in [0.1, 0.15) is 17.0 Å². The van der Waals surface area contributed by atoms with Gasteiger partial charge in [-0.05, 0) is 25.3 Å². The quantitative estimate of drug-likeness (QED) is 0.730. The summed E-state index contributed by atoms with van der Waals surface area (Å²) in [6.45, 7) is 2.44. The fourth-order valence-electron chi connectivity index (χ4n) is 4.05. The normalized spacial score (nSPS) is 15.8. The topological polar surface area (TPSA) is 83.6 Å². The minimum absolute atomic E-state index is 0.172. The number of carbonyl (C=O) groups excluding carboxylic acids is 1. The Morgan fingerprint density at radius 1 is 1.00 bits per heavy atom. The Labute approximate surface area is 168 Å². The van der Waals surface area contributed by atoms with Gasteiger partial charge in [-0.3, -0.25) is 9.59 Å². The number of aliphatic carboxylic acids is 1. The first-order valence-electron chi connectivity index (χ1n) is 9.63. The van der Waals surface area contributed by atoms with Crippen LogP contribution in [0.4, 0.5) is 0 Å². The summed E-state index contributed by atoms with van der Waals surface area (Å²) >= 11 is 0. The molecule has 148 valence electrons. The van der Waals surface area contributed by atoms with Crippen molar-refractivity contribution in [3.05, 3.63) is 77.6 Å². The van der Waals surface area contributed by atoms with Crippen molar-refractivity contribution in [2.75, 3.05) is 13.1 Å². The smallest absolute Gasteiger partial charge is 0.314 e. The lowest BCUT2D eigenvalue weighted by atomic mass is 9.72. The van der Waals surface area contributed by atoms with E-state index in [0.29, 0.717) is 42.9 Å². The molecule has 0 aliphatic carbocycles. The molecule has 0 saturated carbocycles. The van der Waals surface area contributed by atoms with Crippen molar-refractivity contribution in [2.45, 2.75) is 25.2 Å². The molecule has 1 N–H and O–H groups in total. The summed E-state index contributed by atoms with van der Waals surface area (Å²) in [6, 6.07) is 18.7. The SMILES string of the molecule is Cc1onc(-c2ccccc2)c1C(=O)N1CCC(C(=O)O)(c2ccccc2)CC1. The van der Waals surface area contributed by atoms with E-state index >= 15 is 0 Å². The van der Waals surface area contributed by atoms with E-state index in [-0.39, 0.29) is 5.91 Å². The Hall–Kier alpha value is -3.41. The van der Waals surface area contributed by atoms with Gasteiger partial charge >= 0.3 is 5.97 Å². The molecule has 0 atom stereocenters. The number of benzene rings is 2. The molecule has 1 aromatic heterocycles. The van der Waals surface area contributed by atoms with Crippen molar-refractivity contribution < 1.29 is 19.2 Å². The van der Waals surface area contributed by atoms with Crippen LogP contribution in [-0.4, -0.2) is 40.1 Å². The first-order valence-corrected chi connectivity index (χ1v) is 9.63. The maximum absolute atomic E-state index is 13.3. The Morgan fingerprint density at radius 2 is 1.59 bits per heavy atom. The van der Waals surface area contributed by atoms with Gasteiger partial charge in [-0.15, -0.1) is 0 Å². The first-order chi connectivity index (χ1) is 14.0. The number of carbonyl (C=O) groups is 2. The Balaban J connectivity index is 1.59. The highest BCUT2D eigenvalue weighted by Gasteiger charge is 2.44. The third-order valence-corrected chi connectivity index (χ3v) is 5.76. The molecule has 3 aromatic rings. The first kappa shape index (κ1) is 18.9. The van der Waals surface area contributed by atoms with Gasteiger partial charge in [0.05, 0.1) is 5.41 Å². The second kappa shape index (κ2) is 7.54. The van der Waals surface area contributed by atoms with Crippen molar-refractivity contribution in [3.8, 4) is 11.3 Å². The molecule has 2 aromatic carbocycles. The van der Waals surface area contributed by atoms with Crippen molar-refractivity contribution in [3.63, 3.8) is 0 Å². The Kier molecular flexibility index (Phi) is 4.92. The molecule has 1 fully saturated rings. The highest BCUT2D eigenvalue weighted by atomic mass is 16.5. The number of piperidine rings is 1. The molecule has 0 spiro atoms. The summed E-state index contributed by atoms with van der Waals surface area (Å²) in [5.41, 5.74) is 1.59. The summed E-state index contributed by atoms with van der Waals surface area (Å²) in [7, 11) is 0. The highest BCUT2D eigenvalue weighted by molar-refractivity contribution is 6.01.